The number of hydrogen-bond acceptors (Lipinski definition) is 1. The third kappa shape index (κ3) is 3.17. The molecule has 0 aromatic heterocycles. The number of hydrogen-bond donors (Lipinski definition) is 1. The summed E-state index contributed by atoms with van der Waals surface area (Å²) in [5, 5.41) is 10.3. The second kappa shape index (κ2) is 5.48. The van der Waals surface area contributed by atoms with Gasteiger partial charge in [-0.3, -0.25) is 0 Å². The fourth-order valence-corrected chi connectivity index (χ4v) is 2.05. The highest BCUT2D eigenvalue weighted by molar-refractivity contribution is 6.55. The summed E-state index contributed by atoms with van der Waals surface area (Å²) < 4.78 is 0. The fraction of sp³-hybridized carbons (Fsp3) is 0.625. The highest BCUT2D eigenvalue weighted by Crippen LogP contribution is 2.40. The molecule has 0 saturated heterocycles. The average molecular weight is 245 g/mol. The molecule has 1 atom stereocenters. The van der Waals surface area contributed by atoms with Crippen LogP contribution in [0.2, 0.25) is 5.82 Å². The first-order valence-electron chi connectivity index (χ1n) is 6.85. The van der Waals surface area contributed by atoms with Crippen LogP contribution >= 0.6 is 0 Å². The maximum Gasteiger partial charge on any atom is 0.155 e. The average Bonchev–Trinajstić information content (AvgIpc) is 2.28. The second-order valence-electron chi connectivity index (χ2n) is 6.29. The minimum absolute atomic E-state index is 0.159. The van der Waals surface area contributed by atoms with Gasteiger partial charge in [0.15, 0.2) is 7.28 Å². The molecule has 1 nitrogen and oxygen atoms in total. The zero-order valence-corrected chi connectivity index (χ0v) is 12.6. The molecule has 0 bridgehead atoms. The molecule has 0 aliphatic heterocycles. The largest absolute Gasteiger partial charge is 0.390 e. The van der Waals surface area contributed by atoms with Crippen molar-refractivity contribution < 1.29 is 5.11 Å². The SMILES string of the molecule is CCc1ccccc1[B]C(C)C(C)(C)C(C)(C)O. The first-order chi connectivity index (χ1) is 8.20. The summed E-state index contributed by atoms with van der Waals surface area (Å²) >= 11 is 0. The zero-order chi connectivity index (χ0) is 14.0. The van der Waals surface area contributed by atoms with Gasteiger partial charge in [-0.1, -0.05) is 68.8 Å². The third-order valence-electron chi connectivity index (χ3n) is 4.58. The Kier molecular flexibility index (Phi) is 4.66. The fourth-order valence-electron chi connectivity index (χ4n) is 2.05. The summed E-state index contributed by atoms with van der Waals surface area (Å²) in [6, 6.07) is 8.50. The van der Waals surface area contributed by atoms with Crippen molar-refractivity contribution in [1.82, 2.24) is 0 Å². The normalized spacial score (nSPS) is 14.4. The van der Waals surface area contributed by atoms with E-state index in [0.717, 1.165) is 6.42 Å². The summed E-state index contributed by atoms with van der Waals surface area (Å²) in [7, 11) is 2.29. The van der Waals surface area contributed by atoms with Crippen molar-refractivity contribution in [2.24, 2.45) is 5.41 Å². The Balaban J connectivity index is 2.91. The van der Waals surface area contributed by atoms with Gasteiger partial charge in [0.25, 0.3) is 0 Å². The lowest BCUT2D eigenvalue weighted by Gasteiger charge is -2.42. The molecular formula is C16H26BO. The highest BCUT2D eigenvalue weighted by Gasteiger charge is 2.39. The molecule has 1 unspecified atom stereocenters. The Bertz CT molecular complexity index is 390. The minimum atomic E-state index is -0.690. The molecule has 0 amide bonds. The number of rotatable bonds is 5. The summed E-state index contributed by atoms with van der Waals surface area (Å²) in [6.07, 6.45) is 1.04. The van der Waals surface area contributed by atoms with E-state index < -0.39 is 5.60 Å². The van der Waals surface area contributed by atoms with Crippen LogP contribution in [-0.4, -0.2) is 18.0 Å². The van der Waals surface area contributed by atoms with Gasteiger partial charge in [0.1, 0.15) is 0 Å². The van der Waals surface area contributed by atoms with Crippen LogP contribution < -0.4 is 5.46 Å². The van der Waals surface area contributed by atoms with E-state index in [1.807, 2.05) is 13.8 Å². The molecule has 2 heteroatoms. The van der Waals surface area contributed by atoms with Crippen LogP contribution in [0.5, 0.6) is 0 Å². The van der Waals surface area contributed by atoms with Crippen LogP contribution in [0.25, 0.3) is 0 Å². The number of aliphatic hydroxyl groups is 1. The molecule has 0 aliphatic rings. The van der Waals surface area contributed by atoms with Crippen LogP contribution in [0.3, 0.4) is 0 Å². The molecule has 1 aromatic carbocycles. The van der Waals surface area contributed by atoms with E-state index in [-0.39, 0.29) is 5.41 Å². The Hall–Kier alpha value is -0.755. The molecule has 18 heavy (non-hydrogen) atoms. The van der Waals surface area contributed by atoms with Gasteiger partial charge < -0.3 is 5.11 Å². The van der Waals surface area contributed by atoms with E-state index in [2.05, 4.69) is 59.2 Å². The van der Waals surface area contributed by atoms with Crippen LogP contribution in [0.15, 0.2) is 24.3 Å². The van der Waals surface area contributed by atoms with E-state index in [4.69, 9.17) is 0 Å². The summed E-state index contributed by atoms with van der Waals surface area (Å²) in [5.74, 6) is 0.310. The van der Waals surface area contributed by atoms with Gasteiger partial charge in [-0.05, 0) is 25.7 Å². The van der Waals surface area contributed by atoms with Crippen molar-refractivity contribution in [2.75, 3.05) is 0 Å². The van der Waals surface area contributed by atoms with Gasteiger partial charge >= 0.3 is 0 Å². The molecule has 0 fully saturated rings. The zero-order valence-electron chi connectivity index (χ0n) is 12.6. The molecule has 1 rings (SSSR count). The van der Waals surface area contributed by atoms with Crippen molar-refractivity contribution in [3.05, 3.63) is 29.8 Å². The van der Waals surface area contributed by atoms with E-state index in [0.29, 0.717) is 5.82 Å². The standard InChI is InChI=1S/C16H26BO/c1-7-13-10-8-9-11-14(13)17-12(2)15(3,4)16(5,6)18/h8-12,18H,7H2,1-6H3. The summed E-state index contributed by atoms with van der Waals surface area (Å²) in [5.41, 5.74) is 1.82. The Morgan fingerprint density at radius 1 is 1.17 bits per heavy atom. The van der Waals surface area contributed by atoms with Crippen molar-refractivity contribution in [3.8, 4) is 0 Å². The molecule has 99 valence electrons. The minimum Gasteiger partial charge on any atom is -0.390 e. The lowest BCUT2D eigenvalue weighted by molar-refractivity contribution is -0.0362. The highest BCUT2D eigenvalue weighted by atomic mass is 16.3. The predicted octanol–water partition coefficient (Wildman–Crippen LogP) is 3.18. The van der Waals surface area contributed by atoms with Crippen LogP contribution in [0.4, 0.5) is 0 Å². The first-order valence-corrected chi connectivity index (χ1v) is 6.85. The van der Waals surface area contributed by atoms with Gasteiger partial charge in [-0.15, -0.1) is 0 Å². The van der Waals surface area contributed by atoms with Crippen LogP contribution in [0, 0.1) is 5.41 Å². The summed E-state index contributed by atoms with van der Waals surface area (Å²) in [6.45, 7) is 12.4. The molecule has 1 N–H and O–H groups in total. The number of benzene rings is 1. The molecule has 0 heterocycles. The third-order valence-corrected chi connectivity index (χ3v) is 4.58. The van der Waals surface area contributed by atoms with Gasteiger partial charge in [0, 0.05) is 0 Å². The van der Waals surface area contributed by atoms with Crippen LogP contribution in [-0.2, 0) is 6.42 Å². The van der Waals surface area contributed by atoms with E-state index in [1.165, 1.54) is 11.0 Å². The van der Waals surface area contributed by atoms with E-state index in [9.17, 15) is 5.11 Å². The maximum absolute atomic E-state index is 10.3. The van der Waals surface area contributed by atoms with Crippen molar-refractivity contribution in [3.63, 3.8) is 0 Å². The topological polar surface area (TPSA) is 20.2 Å². The van der Waals surface area contributed by atoms with E-state index >= 15 is 0 Å². The molecule has 0 spiro atoms. The molecule has 1 aromatic rings. The van der Waals surface area contributed by atoms with E-state index in [1.54, 1.807) is 0 Å². The maximum atomic E-state index is 10.3. The lowest BCUT2D eigenvalue weighted by atomic mass is 9.47. The quantitative estimate of drug-likeness (QED) is 0.790. The Morgan fingerprint density at radius 3 is 2.22 bits per heavy atom. The molecular weight excluding hydrogens is 219 g/mol. The Labute approximate surface area is 113 Å². The van der Waals surface area contributed by atoms with Crippen molar-refractivity contribution in [1.29, 1.82) is 0 Å². The predicted molar refractivity (Wildman–Crippen MR) is 80.7 cm³/mol. The Morgan fingerprint density at radius 2 is 1.72 bits per heavy atom. The van der Waals surface area contributed by atoms with Gasteiger partial charge in [-0.2, -0.15) is 0 Å². The number of aryl methyl sites for hydroxylation is 1. The van der Waals surface area contributed by atoms with Crippen LogP contribution in [0.1, 0.15) is 47.1 Å². The molecule has 0 aliphatic carbocycles. The van der Waals surface area contributed by atoms with Gasteiger partial charge in [0.2, 0.25) is 0 Å². The van der Waals surface area contributed by atoms with Gasteiger partial charge in [0.05, 0.1) is 5.60 Å². The van der Waals surface area contributed by atoms with Crippen molar-refractivity contribution in [2.45, 2.75) is 59.4 Å². The monoisotopic (exact) mass is 245 g/mol. The van der Waals surface area contributed by atoms with Gasteiger partial charge in [-0.25, -0.2) is 0 Å². The molecule has 1 radical (unpaired) electrons. The van der Waals surface area contributed by atoms with Crippen molar-refractivity contribution >= 4 is 12.7 Å². The first kappa shape index (κ1) is 15.3. The second-order valence-corrected chi connectivity index (χ2v) is 6.29. The summed E-state index contributed by atoms with van der Waals surface area (Å²) in [4.78, 5) is 0. The lowest BCUT2D eigenvalue weighted by Crippen LogP contribution is -2.44. The molecule has 0 saturated carbocycles. The smallest absolute Gasteiger partial charge is 0.155 e.